The van der Waals surface area contributed by atoms with Crippen LogP contribution in [0.5, 0.6) is 0 Å². The number of rotatable bonds is 2. The predicted octanol–water partition coefficient (Wildman–Crippen LogP) is 1.71. The van der Waals surface area contributed by atoms with E-state index in [1.54, 1.807) is 11.1 Å². The summed E-state index contributed by atoms with van der Waals surface area (Å²) in [4.78, 5) is 0. The van der Waals surface area contributed by atoms with Crippen LogP contribution in [0.4, 0.5) is 0 Å². The molecule has 1 atom stereocenters. The zero-order valence-corrected chi connectivity index (χ0v) is 9.67. The number of fused-ring (bicyclic) bond motifs is 1. The Morgan fingerprint density at radius 3 is 3.06 bits per heavy atom. The van der Waals surface area contributed by atoms with Crippen LogP contribution in [0.1, 0.15) is 23.1 Å². The summed E-state index contributed by atoms with van der Waals surface area (Å²) < 4.78 is 5.48. The second kappa shape index (κ2) is 4.56. The first-order valence-electron chi connectivity index (χ1n) is 6.33. The number of nitrogens with one attached hydrogen (secondary N) is 1. The predicted molar refractivity (Wildman–Crippen MR) is 64.8 cm³/mol. The molecule has 16 heavy (non-hydrogen) atoms. The molecule has 1 heterocycles. The van der Waals surface area contributed by atoms with E-state index in [1.165, 1.54) is 24.8 Å². The first kappa shape index (κ1) is 10.3. The van der Waals surface area contributed by atoms with Crippen LogP contribution in [0.15, 0.2) is 18.2 Å². The van der Waals surface area contributed by atoms with Crippen molar-refractivity contribution in [1.82, 2.24) is 5.32 Å². The van der Waals surface area contributed by atoms with Crippen LogP contribution in [-0.2, 0) is 24.0 Å². The molecule has 1 aliphatic carbocycles. The lowest BCUT2D eigenvalue weighted by Gasteiger charge is -2.24. The number of hydrogen-bond donors (Lipinski definition) is 1. The first-order chi connectivity index (χ1) is 7.92. The smallest absolute Gasteiger partial charge is 0.0623 e. The maximum atomic E-state index is 5.48. The molecule has 0 amide bonds. The van der Waals surface area contributed by atoms with Crippen molar-refractivity contribution in [2.45, 2.75) is 31.7 Å². The molecule has 3 rings (SSSR count). The van der Waals surface area contributed by atoms with E-state index in [1.807, 2.05) is 0 Å². The third kappa shape index (κ3) is 2.13. The summed E-state index contributed by atoms with van der Waals surface area (Å²) in [5.41, 5.74) is 4.61. The Hall–Kier alpha value is -0.860. The van der Waals surface area contributed by atoms with Gasteiger partial charge in [0.05, 0.1) is 13.2 Å². The SMILES string of the molecule is c1cc2c(cc1CC1COCCN1)CCC2. The van der Waals surface area contributed by atoms with Crippen molar-refractivity contribution in [3.8, 4) is 0 Å². The monoisotopic (exact) mass is 217 g/mol. The lowest BCUT2D eigenvalue weighted by atomic mass is 10.0. The summed E-state index contributed by atoms with van der Waals surface area (Å²) >= 11 is 0. The highest BCUT2D eigenvalue weighted by molar-refractivity contribution is 5.35. The summed E-state index contributed by atoms with van der Waals surface area (Å²) in [6.45, 7) is 2.72. The molecule has 86 valence electrons. The summed E-state index contributed by atoms with van der Waals surface area (Å²) in [5, 5.41) is 3.51. The van der Waals surface area contributed by atoms with Crippen LogP contribution in [0.2, 0.25) is 0 Å². The van der Waals surface area contributed by atoms with E-state index in [2.05, 4.69) is 23.5 Å². The molecule has 1 N–H and O–H groups in total. The number of aryl methyl sites for hydroxylation is 2. The minimum absolute atomic E-state index is 0.508. The van der Waals surface area contributed by atoms with Gasteiger partial charge in [0.25, 0.3) is 0 Å². The summed E-state index contributed by atoms with van der Waals surface area (Å²) in [6, 6.07) is 7.52. The van der Waals surface area contributed by atoms with E-state index in [0.29, 0.717) is 6.04 Å². The topological polar surface area (TPSA) is 21.3 Å². The van der Waals surface area contributed by atoms with E-state index in [9.17, 15) is 0 Å². The molecule has 0 saturated carbocycles. The van der Waals surface area contributed by atoms with Crippen molar-refractivity contribution in [2.75, 3.05) is 19.8 Å². The zero-order valence-electron chi connectivity index (χ0n) is 9.67. The molecule has 2 nitrogen and oxygen atoms in total. The van der Waals surface area contributed by atoms with Gasteiger partial charge in [0.2, 0.25) is 0 Å². The lowest BCUT2D eigenvalue weighted by Crippen LogP contribution is -2.42. The van der Waals surface area contributed by atoms with Crippen LogP contribution in [0.25, 0.3) is 0 Å². The van der Waals surface area contributed by atoms with Crippen LogP contribution in [0, 0.1) is 0 Å². The maximum absolute atomic E-state index is 5.48. The first-order valence-corrected chi connectivity index (χ1v) is 6.33. The van der Waals surface area contributed by atoms with E-state index in [0.717, 1.165) is 26.2 Å². The van der Waals surface area contributed by atoms with Crippen molar-refractivity contribution in [2.24, 2.45) is 0 Å². The third-order valence-electron chi connectivity index (χ3n) is 3.64. The van der Waals surface area contributed by atoms with Gasteiger partial charge < -0.3 is 10.1 Å². The molecule has 1 aromatic carbocycles. The van der Waals surface area contributed by atoms with Crippen LogP contribution < -0.4 is 5.32 Å². The molecule has 1 aromatic rings. The number of benzene rings is 1. The van der Waals surface area contributed by atoms with Gasteiger partial charge >= 0.3 is 0 Å². The number of ether oxygens (including phenoxy) is 1. The average Bonchev–Trinajstić information content (AvgIpc) is 2.77. The molecule has 0 bridgehead atoms. The third-order valence-corrected chi connectivity index (χ3v) is 3.64. The molecule has 0 spiro atoms. The van der Waals surface area contributed by atoms with Gasteiger partial charge in [-0.25, -0.2) is 0 Å². The Morgan fingerprint density at radius 1 is 1.25 bits per heavy atom. The fraction of sp³-hybridized carbons (Fsp3) is 0.571. The van der Waals surface area contributed by atoms with Crippen molar-refractivity contribution in [3.63, 3.8) is 0 Å². The van der Waals surface area contributed by atoms with E-state index < -0.39 is 0 Å². The average molecular weight is 217 g/mol. The number of hydrogen-bond acceptors (Lipinski definition) is 2. The standard InChI is InChI=1S/C14H19NO/c1-2-12-5-4-11(8-13(12)3-1)9-14-10-16-7-6-15-14/h4-5,8,14-15H,1-3,6-7,9-10H2. The summed E-state index contributed by atoms with van der Waals surface area (Å²) in [6.07, 6.45) is 5.00. The second-order valence-corrected chi connectivity index (χ2v) is 4.89. The highest BCUT2D eigenvalue weighted by Crippen LogP contribution is 2.23. The molecule has 1 unspecified atom stereocenters. The molecule has 2 aliphatic rings. The van der Waals surface area contributed by atoms with Gasteiger partial charge in [0.1, 0.15) is 0 Å². The van der Waals surface area contributed by atoms with E-state index in [4.69, 9.17) is 4.74 Å². The zero-order chi connectivity index (χ0) is 10.8. The van der Waals surface area contributed by atoms with Gasteiger partial charge in [0, 0.05) is 12.6 Å². The molecule has 1 saturated heterocycles. The molecular formula is C14H19NO. The second-order valence-electron chi connectivity index (χ2n) is 4.89. The fourth-order valence-electron chi connectivity index (χ4n) is 2.79. The molecule has 0 aromatic heterocycles. The van der Waals surface area contributed by atoms with Crippen molar-refractivity contribution in [1.29, 1.82) is 0 Å². The van der Waals surface area contributed by atoms with Crippen LogP contribution in [0.3, 0.4) is 0 Å². The van der Waals surface area contributed by atoms with Crippen LogP contribution in [-0.4, -0.2) is 25.8 Å². The van der Waals surface area contributed by atoms with Crippen LogP contribution >= 0.6 is 0 Å². The van der Waals surface area contributed by atoms with Gasteiger partial charge in [-0.05, 0) is 42.4 Å². The van der Waals surface area contributed by atoms with Gasteiger partial charge in [-0.3, -0.25) is 0 Å². The van der Waals surface area contributed by atoms with E-state index in [-0.39, 0.29) is 0 Å². The summed E-state index contributed by atoms with van der Waals surface area (Å²) in [5.74, 6) is 0. The minimum atomic E-state index is 0.508. The molecule has 2 heteroatoms. The Morgan fingerprint density at radius 2 is 2.19 bits per heavy atom. The maximum Gasteiger partial charge on any atom is 0.0623 e. The Kier molecular flexibility index (Phi) is 2.94. The van der Waals surface area contributed by atoms with Gasteiger partial charge in [-0.1, -0.05) is 18.2 Å². The molecule has 0 radical (unpaired) electrons. The van der Waals surface area contributed by atoms with Gasteiger partial charge in [0.15, 0.2) is 0 Å². The highest BCUT2D eigenvalue weighted by Gasteiger charge is 2.15. The molecular weight excluding hydrogens is 198 g/mol. The van der Waals surface area contributed by atoms with Crippen molar-refractivity contribution >= 4 is 0 Å². The molecule has 1 aliphatic heterocycles. The Balaban J connectivity index is 1.69. The Bertz CT molecular complexity index is 369. The summed E-state index contributed by atoms with van der Waals surface area (Å²) in [7, 11) is 0. The van der Waals surface area contributed by atoms with Crippen molar-refractivity contribution < 1.29 is 4.74 Å². The quantitative estimate of drug-likeness (QED) is 0.814. The molecule has 1 fully saturated rings. The van der Waals surface area contributed by atoms with Gasteiger partial charge in [-0.15, -0.1) is 0 Å². The lowest BCUT2D eigenvalue weighted by molar-refractivity contribution is 0.0770. The van der Waals surface area contributed by atoms with Crippen molar-refractivity contribution in [3.05, 3.63) is 34.9 Å². The number of morpholine rings is 1. The fourth-order valence-corrected chi connectivity index (χ4v) is 2.79. The normalized spacial score (nSPS) is 24.4. The van der Waals surface area contributed by atoms with Gasteiger partial charge in [-0.2, -0.15) is 0 Å². The largest absolute Gasteiger partial charge is 0.379 e. The Labute approximate surface area is 97.0 Å². The highest BCUT2D eigenvalue weighted by atomic mass is 16.5. The van der Waals surface area contributed by atoms with E-state index >= 15 is 0 Å². The minimum Gasteiger partial charge on any atom is -0.379 e.